The largest absolute Gasteiger partial charge is 0.506 e. The molecule has 0 bridgehead atoms. The first kappa shape index (κ1) is 17.5. The van der Waals surface area contributed by atoms with Crippen molar-refractivity contribution in [3.8, 4) is 5.75 Å². The lowest BCUT2D eigenvalue weighted by Crippen LogP contribution is -2.28. The molecule has 3 N–H and O–H groups in total. The molecule has 0 saturated carbocycles. The van der Waals surface area contributed by atoms with Gasteiger partial charge < -0.3 is 20.4 Å². The van der Waals surface area contributed by atoms with Gasteiger partial charge in [-0.2, -0.15) is 0 Å². The Morgan fingerprint density at radius 2 is 1.85 bits per heavy atom. The topological polar surface area (TPSA) is 107 Å². The van der Waals surface area contributed by atoms with Crippen LogP contribution in [0.1, 0.15) is 22.3 Å². The highest BCUT2D eigenvalue weighted by molar-refractivity contribution is 6.04. The molecule has 2 aromatic carbocycles. The Morgan fingerprint density at radius 1 is 1.15 bits per heavy atom. The van der Waals surface area contributed by atoms with E-state index in [1.54, 1.807) is 4.90 Å². The number of phenols is 1. The van der Waals surface area contributed by atoms with Crippen LogP contribution in [0.2, 0.25) is 0 Å². The maximum absolute atomic E-state index is 12.5. The molecule has 0 radical (unpaired) electrons. The summed E-state index contributed by atoms with van der Waals surface area (Å²) in [5.41, 5.74) is 1.76. The Hall–Kier alpha value is -3.35. The third-order valence-corrected chi connectivity index (χ3v) is 4.34. The number of phenolic OH excluding ortho intramolecular Hbond substituents is 1. The zero-order valence-corrected chi connectivity index (χ0v) is 14.1. The summed E-state index contributed by atoms with van der Waals surface area (Å²) in [6.07, 6.45) is 0.0547. The molecule has 2 aromatic rings. The zero-order chi connectivity index (χ0) is 18.8. The fourth-order valence-corrected chi connectivity index (χ4v) is 2.86. The number of carboxylic acid groups (broad SMARTS) is 1. The van der Waals surface area contributed by atoms with Crippen LogP contribution in [0, 0.1) is 12.8 Å². The monoisotopic (exact) mass is 354 g/mol. The minimum absolute atomic E-state index is 0.0103. The van der Waals surface area contributed by atoms with Gasteiger partial charge in [0.05, 0.1) is 17.2 Å². The van der Waals surface area contributed by atoms with E-state index in [1.165, 1.54) is 18.2 Å². The molecule has 7 nitrogen and oxygen atoms in total. The summed E-state index contributed by atoms with van der Waals surface area (Å²) in [5.74, 6) is -2.58. The van der Waals surface area contributed by atoms with Gasteiger partial charge in [0.15, 0.2) is 0 Å². The minimum Gasteiger partial charge on any atom is -0.506 e. The molecule has 2 amide bonds. The highest BCUT2D eigenvalue weighted by Crippen LogP contribution is 2.29. The third-order valence-electron chi connectivity index (χ3n) is 4.34. The lowest BCUT2D eigenvalue weighted by atomic mass is 10.1. The van der Waals surface area contributed by atoms with Crippen LogP contribution in [0.3, 0.4) is 0 Å². The fraction of sp³-hybridized carbons (Fsp3) is 0.211. The average Bonchev–Trinajstić information content (AvgIpc) is 2.99. The average molecular weight is 354 g/mol. The number of anilines is 2. The Labute approximate surface area is 149 Å². The number of carbonyl (C=O) groups is 3. The van der Waals surface area contributed by atoms with Crippen molar-refractivity contribution >= 4 is 29.2 Å². The number of aromatic carboxylic acids is 1. The van der Waals surface area contributed by atoms with Crippen molar-refractivity contribution in [3.05, 3.63) is 53.6 Å². The molecule has 134 valence electrons. The van der Waals surface area contributed by atoms with Gasteiger partial charge in [-0.15, -0.1) is 0 Å². The molecule has 1 fully saturated rings. The van der Waals surface area contributed by atoms with Crippen molar-refractivity contribution in [2.24, 2.45) is 5.92 Å². The highest BCUT2D eigenvalue weighted by Gasteiger charge is 2.35. The van der Waals surface area contributed by atoms with Crippen molar-refractivity contribution in [3.63, 3.8) is 0 Å². The Balaban J connectivity index is 1.73. The van der Waals surface area contributed by atoms with Crippen molar-refractivity contribution in [2.75, 3.05) is 16.8 Å². The van der Waals surface area contributed by atoms with Crippen molar-refractivity contribution < 1.29 is 24.6 Å². The number of aryl methyl sites for hydroxylation is 1. The highest BCUT2D eigenvalue weighted by atomic mass is 16.4. The van der Waals surface area contributed by atoms with Crippen LogP contribution in [-0.4, -0.2) is 34.5 Å². The molecule has 7 heteroatoms. The van der Waals surface area contributed by atoms with Crippen molar-refractivity contribution in [1.29, 1.82) is 0 Å². The van der Waals surface area contributed by atoms with Gasteiger partial charge in [-0.25, -0.2) is 4.79 Å². The second kappa shape index (κ2) is 6.87. The number of hydrogen-bond donors (Lipinski definition) is 3. The summed E-state index contributed by atoms with van der Waals surface area (Å²) in [5, 5.41) is 21.4. The third kappa shape index (κ3) is 3.51. The lowest BCUT2D eigenvalue weighted by Gasteiger charge is -2.17. The number of amides is 2. The molecule has 0 spiro atoms. The lowest BCUT2D eigenvalue weighted by molar-refractivity contribution is -0.122. The van der Waals surface area contributed by atoms with Gasteiger partial charge in [-0.1, -0.05) is 17.7 Å². The van der Waals surface area contributed by atoms with Gasteiger partial charge >= 0.3 is 5.97 Å². The van der Waals surface area contributed by atoms with E-state index in [0.717, 1.165) is 11.3 Å². The molecule has 1 aliphatic rings. The standard InChI is InChI=1S/C19H18N2O5/c1-11-2-5-14(6-3-11)21-10-13(9-17(21)23)18(24)20-15-8-12(19(25)26)4-7-16(15)22/h2-8,13,22H,9-10H2,1H3,(H,20,24)(H,25,26). The molecular weight excluding hydrogens is 336 g/mol. The van der Waals surface area contributed by atoms with Crippen LogP contribution in [-0.2, 0) is 9.59 Å². The molecule has 1 atom stereocenters. The summed E-state index contributed by atoms with van der Waals surface area (Å²) in [6.45, 7) is 2.18. The summed E-state index contributed by atoms with van der Waals surface area (Å²) in [6, 6.07) is 11.1. The van der Waals surface area contributed by atoms with Crippen LogP contribution >= 0.6 is 0 Å². The van der Waals surface area contributed by atoms with Gasteiger partial charge in [0.2, 0.25) is 11.8 Å². The second-order valence-corrected chi connectivity index (χ2v) is 6.27. The van der Waals surface area contributed by atoms with E-state index >= 15 is 0 Å². The first-order chi connectivity index (χ1) is 12.3. The van der Waals surface area contributed by atoms with Gasteiger partial charge in [-0.05, 0) is 37.3 Å². The Kier molecular flexibility index (Phi) is 4.62. The molecule has 0 aromatic heterocycles. The van der Waals surface area contributed by atoms with E-state index < -0.39 is 17.8 Å². The Bertz CT molecular complexity index is 876. The van der Waals surface area contributed by atoms with Crippen LogP contribution in [0.25, 0.3) is 0 Å². The van der Waals surface area contributed by atoms with E-state index in [9.17, 15) is 19.5 Å². The first-order valence-corrected chi connectivity index (χ1v) is 8.09. The SMILES string of the molecule is Cc1ccc(N2CC(C(=O)Nc3cc(C(=O)O)ccc3O)CC2=O)cc1. The first-order valence-electron chi connectivity index (χ1n) is 8.09. The van der Waals surface area contributed by atoms with Gasteiger partial charge in [-0.3, -0.25) is 9.59 Å². The predicted molar refractivity (Wildman–Crippen MR) is 95.3 cm³/mol. The summed E-state index contributed by atoms with van der Waals surface area (Å²) in [4.78, 5) is 37.3. The predicted octanol–water partition coefficient (Wildman–Crippen LogP) is 2.39. The molecule has 1 aliphatic heterocycles. The van der Waals surface area contributed by atoms with E-state index in [2.05, 4.69) is 5.32 Å². The number of rotatable bonds is 4. The fourth-order valence-electron chi connectivity index (χ4n) is 2.86. The number of benzene rings is 2. The van der Waals surface area contributed by atoms with E-state index in [-0.39, 0.29) is 35.9 Å². The second-order valence-electron chi connectivity index (χ2n) is 6.27. The number of carboxylic acids is 1. The van der Waals surface area contributed by atoms with Gasteiger partial charge in [0, 0.05) is 18.7 Å². The summed E-state index contributed by atoms with van der Waals surface area (Å²) in [7, 11) is 0. The molecule has 1 saturated heterocycles. The van der Waals surface area contributed by atoms with Crippen LogP contribution < -0.4 is 10.2 Å². The van der Waals surface area contributed by atoms with Crippen LogP contribution in [0.5, 0.6) is 5.75 Å². The van der Waals surface area contributed by atoms with Crippen LogP contribution in [0.4, 0.5) is 11.4 Å². The number of carbonyl (C=O) groups excluding carboxylic acids is 2. The molecule has 3 rings (SSSR count). The number of nitrogens with one attached hydrogen (secondary N) is 1. The Morgan fingerprint density at radius 3 is 2.50 bits per heavy atom. The van der Waals surface area contributed by atoms with Crippen molar-refractivity contribution in [1.82, 2.24) is 0 Å². The summed E-state index contributed by atoms with van der Waals surface area (Å²) < 4.78 is 0. The number of nitrogens with zero attached hydrogens (tertiary/aromatic N) is 1. The summed E-state index contributed by atoms with van der Waals surface area (Å²) >= 11 is 0. The molecule has 1 unspecified atom stereocenters. The maximum atomic E-state index is 12.5. The van der Waals surface area contributed by atoms with Gasteiger partial charge in [0.1, 0.15) is 5.75 Å². The molecule has 0 aliphatic carbocycles. The number of hydrogen-bond acceptors (Lipinski definition) is 4. The molecular formula is C19H18N2O5. The maximum Gasteiger partial charge on any atom is 0.335 e. The number of aromatic hydroxyl groups is 1. The normalized spacial score (nSPS) is 16.6. The van der Waals surface area contributed by atoms with E-state index in [1.807, 2.05) is 31.2 Å². The van der Waals surface area contributed by atoms with E-state index in [0.29, 0.717) is 0 Å². The van der Waals surface area contributed by atoms with Crippen LogP contribution in [0.15, 0.2) is 42.5 Å². The minimum atomic E-state index is -1.16. The zero-order valence-electron chi connectivity index (χ0n) is 14.1. The van der Waals surface area contributed by atoms with Crippen molar-refractivity contribution in [2.45, 2.75) is 13.3 Å². The van der Waals surface area contributed by atoms with Gasteiger partial charge in [0.25, 0.3) is 0 Å². The van der Waals surface area contributed by atoms with E-state index in [4.69, 9.17) is 5.11 Å². The smallest absolute Gasteiger partial charge is 0.335 e. The molecule has 26 heavy (non-hydrogen) atoms. The quantitative estimate of drug-likeness (QED) is 0.731. The molecule has 1 heterocycles.